The van der Waals surface area contributed by atoms with Crippen molar-refractivity contribution in [3.05, 3.63) is 57.9 Å². The van der Waals surface area contributed by atoms with Gasteiger partial charge < -0.3 is 9.47 Å². The van der Waals surface area contributed by atoms with Gasteiger partial charge >= 0.3 is 0 Å². The van der Waals surface area contributed by atoms with E-state index < -0.39 is 6.10 Å². The summed E-state index contributed by atoms with van der Waals surface area (Å²) in [7, 11) is 1.59. The van der Waals surface area contributed by atoms with Crippen molar-refractivity contribution in [1.82, 2.24) is 4.98 Å². The first-order chi connectivity index (χ1) is 13.0. The topological polar surface area (TPSA) is 60.5 Å². The third-order valence-electron chi connectivity index (χ3n) is 3.87. The number of hydrogen-bond acceptors (Lipinski definition) is 5. The van der Waals surface area contributed by atoms with Crippen LogP contribution < -0.4 is 14.8 Å². The second kappa shape index (κ2) is 8.54. The average molecular weight is 447 g/mol. The molecule has 1 aromatic heterocycles. The van der Waals surface area contributed by atoms with Crippen molar-refractivity contribution in [2.75, 3.05) is 12.4 Å². The standard InChI is InChI=1S/C20H19BrN2O3S/c1-12(26-17-6-4-5-16(11-17)25-3)19(24)23-20-22-18(13(2)27-20)14-7-9-15(21)10-8-14/h4-12H,1-3H3,(H,22,23,24). The number of benzene rings is 2. The summed E-state index contributed by atoms with van der Waals surface area (Å²) in [5.41, 5.74) is 1.87. The molecule has 0 fully saturated rings. The fourth-order valence-corrected chi connectivity index (χ4v) is 3.57. The molecule has 2 aromatic carbocycles. The molecule has 140 valence electrons. The number of carbonyl (C=O) groups excluding carboxylic acids is 1. The molecule has 1 atom stereocenters. The predicted octanol–water partition coefficient (Wildman–Crippen LogP) is 5.30. The van der Waals surface area contributed by atoms with E-state index in [1.165, 1.54) is 11.3 Å². The van der Waals surface area contributed by atoms with Crippen LogP contribution in [0.1, 0.15) is 11.8 Å². The lowest BCUT2D eigenvalue weighted by atomic mass is 10.1. The third kappa shape index (κ3) is 4.87. The Morgan fingerprint density at radius 3 is 2.59 bits per heavy atom. The molecule has 0 bridgehead atoms. The van der Waals surface area contributed by atoms with Crippen LogP contribution >= 0.6 is 27.3 Å². The number of methoxy groups -OCH3 is 1. The molecule has 1 amide bonds. The molecular formula is C20H19BrN2O3S. The van der Waals surface area contributed by atoms with Crippen LogP contribution in [0.4, 0.5) is 5.13 Å². The van der Waals surface area contributed by atoms with Crippen molar-refractivity contribution >= 4 is 38.3 Å². The molecule has 0 aliphatic heterocycles. The van der Waals surface area contributed by atoms with Crippen molar-refractivity contribution in [3.8, 4) is 22.8 Å². The lowest BCUT2D eigenvalue weighted by Crippen LogP contribution is -2.30. The number of nitrogens with zero attached hydrogens (tertiary/aromatic N) is 1. The van der Waals surface area contributed by atoms with Crippen molar-refractivity contribution < 1.29 is 14.3 Å². The fraction of sp³-hybridized carbons (Fsp3) is 0.200. The summed E-state index contributed by atoms with van der Waals surface area (Å²) < 4.78 is 11.9. The lowest BCUT2D eigenvalue weighted by Gasteiger charge is -2.14. The number of thiazole rings is 1. The number of ether oxygens (including phenoxy) is 2. The van der Waals surface area contributed by atoms with Gasteiger partial charge in [-0.2, -0.15) is 0 Å². The van der Waals surface area contributed by atoms with Gasteiger partial charge in [-0.15, -0.1) is 11.3 Å². The number of rotatable bonds is 6. The normalized spacial score (nSPS) is 11.7. The van der Waals surface area contributed by atoms with E-state index in [9.17, 15) is 4.79 Å². The molecule has 0 saturated heterocycles. The summed E-state index contributed by atoms with van der Waals surface area (Å²) in [6, 6.07) is 15.1. The Kier molecular flexibility index (Phi) is 6.13. The fourth-order valence-electron chi connectivity index (χ4n) is 2.46. The van der Waals surface area contributed by atoms with Crippen molar-refractivity contribution in [2.45, 2.75) is 20.0 Å². The molecule has 5 nitrogen and oxygen atoms in total. The molecule has 3 aromatic rings. The summed E-state index contributed by atoms with van der Waals surface area (Å²) in [4.78, 5) is 18.1. The zero-order chi connectivity index (χ0) is 19.4. The minimum atomic E-state index is -0.669. The van der Waals surface area contributed by atoms with Gasteiger partial charge in [0.05, 0.1) is 12.8 Å². The molecule has 1 heterocycles. The third-order valence-corrected chi connectivity index (χ3v) is 5.28. The van der Waals surface area contributed by atoms with Crippen LogP contribution in [0.15, 0.2) is 53.0 Å². The highest BCUT2D eigenvalue weighted by molar-refractivity contribution is 9.10. The molecule has 27 heavy (non-hydrogen) atoms. The minimum Gasteiger partial charge on any atom is -0.497 e. The molecule has 1 unspecified atom stereocenters. The van der Waals surface area contributed by atoms with Crippen LogP contribution in [0.5, 0.6) is 11.5 Å². The van der Waals surface area contributed by atoms with Crippen LogP contribution in [0.3, 0.4) is 0 Å². The maximum Gasteiger partial charge on any atom is 0.266 e. The minimum absolute atomic E-state index is 0.256. The maximum atomic E-state index is 12.5. The monoisotopic (exact) mass is 446 g/mol. The van der Waals surface area contributed by atoms with Crippen molar-refractivity contribution in [3.63, 3.8) is 0 Å². The zero-order valence-electron chi connectivity index (χ0n) is 15.2. The van der Waals surface area contributed by atoms with E-state index >= 15 is 0 Å². The van der Waals surface area contributed by atoms with Gasteiger partial charge in [0.25, 0.3) is 5.91 Å². The predicted molar refractivity (Wildman–Crippen MR) is 112 cm³/mol. The first-order valence-corrected chi connectivity index (χ1v) is 9.92. The van der Waals surface area contributed by atoms with Crippen LogP contribution in [0, 0.1) is 6.92 Å². The Bertz CT molecular complexity index is 941. The Hall–Kier alpha value is -2.38. The van der Waals surface area contributed by atoms with E-state index in [1.807, 2.05) is 43.3 Å². The lowest BCUT2D eigenvalue weighted by molar-refractivity contribution is -0.122. The second-order valence-corrected chi connectivity index (χ2v) is 7.98. The highest BCUT2D eigenvalue weighted by Gasteiger charge is 2.18. The Morgan fingerprint density at radius 1 is 1.19 bits per heavy atom. The maximum absolute atomic E-state index is 12.5. The van der Waals surface area contributed by atoms with Gasteiger partial charge in [-0.1, -0.05) is 34.1 Å². The van der Waals surface area contributed by atoms with E-state index in [4.69, 9.17) is 9.47 Å². The van der Waals surface area contributed by atoms with E-state index in [1.54, 1.807) is 26.2 Å². The number of hydrogen-bond donors (Lipinski definition) is 1. The molecule has 0 aliphatic rings. The molecule has 3 rings (SSSR count). The number of carbonyl (C=O) groups is 1. The van der Waals surface area contributed by atoms with Gasteiger partial charge in [0.2, 0.25) is 0 Å². The number of nitrogens with one attached hydrogen (secondary N) is 1. The number of amides is 1. The number of aryl methyl sites for hydroxylation is 1. The number of aromatic nitrogens is 1. The molecule has 0 radical (unpaired) electrons. The van der Waals surface area contributed by atoms with Crippen LogP contribution in [0.2, 0.25) is 0 Å². The summed E-state index contributed by atoms with van der Waals surface area (Å²) in [6.45, 7) is 3.69. The summed E-state index contributed by atoms with van der Waals surface area (Å²) in [5.74, 6) is 0.992. The quantitative estimate of drug-likeness (QED) is 0.558. The molecule has 1 N–H and O–H groups in total. The van der Waals surface area contributed by atoms with Gasteiger partial charge in [0.1, 0.15) is 11.5 Å². The van der Waals surface area contributed by atoms with Crippen molar-refractivity contribution in [2.24, 2.45) is 0 Å². The van der Waals surface area contributed by atoms with E-state index in [2.05, 4.69) is 26.2 Å². The van der Waals surface area contributed by atoms with E-state index in [0.717, 1.165) is 20.6 Å². The van der Waals surface area contributed by atoms with E-state index in [-0.39, 0.29) is 5.91 Å². The van der Waals surface area contributed by atoms with E-state index in [0.29, 0.717) is 16.6 Å². The zero-order valence-corrected chi connectivity index (χ0v) is 17.6. The smallest absolute Gasteiger partial charge is 0.266 e. The SMILES string of the molecule is COc1cccc(OC(C)C(=O)Nc2nc(-c3ccc(Br)cc3)c(C)s2)c1. The van der Waals surface area contributed by atoms with Crippen LogP contribution in [-0.4, -0.2) is 24.1 Å². The van der Waals surface area contributed by atoms with Gasteiger partial charge in [-0.05, 0) is 38.1 Å². The van der Waals surface area contributed by atoms with Crippen LogP contribution in [0.25, 0.3) is 11.3 Å². The molecular weight excluding hydrogens is 428 g/mol. The first kappa shape index (κ1) is 19.4. The average Bonchev–Trinajstić information content (AvgIpc) is 3.02. The summed E-state index contributed by atoms with van der Waals surface area (Å²) >= 11 is 4.87. The molecule has 0 spiro atoms. The van der Waals surface area contributed by atoms with Gasteiger partial charge in [0, 0.05) is 21.0 Å². The largest absolute Gasteiger partial charge is 0.497 e. The highest BCUT2D eigenvalue weighted by atomic mass is 79.9. The molecule has 7 heteroatoms. The Balaban J connectivity index is 1.68. The Morgan fingerprint density at radius 2 is 1.89 bits per heavy atom. The molecule has 0 aliphatic carbocycles. The van der Waals surface area contributed by atoms with Gasteiger partial charge in [-0.25, -0.2) is 4.98 Å². The number of halogens is 1. The molecule has 0 saturated carbocycles. The van der Waals surface area contributed by atoms with Gasteiger partial charge in [0.15, 0.2) is 11.2 Å². The van der Waals surface area contributed by atoms with Crippen LogP contribution in [-0.2, 0) is 4.79 Å². The summed E-state index contributed by atoms with van der Waals surface area (Å²) in [5, 5.41) is 3.39. The highest BCUT2D eigenvalue weighted by Crippen LogP contribution is 2.31. The summed E-state index contributed by atoms with van der Waals surface area (Å²) in [6.07, 6.45) is -0.669. The van der Waals surface area contributed by atoms with Gasteiger partial charge in [-0.3, -0.25) is 10.1 Å². The first-order valence-electron chi connectivity index (χ1n) is 8.31. The number of anilines is 1. The van der Waals surface area contributed by atoms with Crippen molar-refractivity contribution in [1.29, 1.82) is 0 Å². The second-order valence-electron chi connectivity index (χ2n) is 5.86. The Labute approximate surface area is 170 Å².